The Morgan fingerprint density at radius 3 is 2.66 bits per heavy atom. The smallest absolute Gasteiger partial charge is 0.321 e. The van der Waals surface area contributed by atoms with Crippen molar-refractivity contribution in [3.63, 3.8) is 0 Å². The number of para-hydroxylation sites is 1. The summed E-state index contributed by atoms with van der Waals surface area (Å²) in [4.78, 5) is 31.4. The second-order valence-corrected chi connectivity index (χ2v) is 8.81. The van der Waals surface area contributed by atoms with Crippen LogP contribution in [-0.4, -0.2) is 53.5 Å². The molecule has 1 aromatic carbocycles. The second-order valence-electron chi connectivity index (χ2n) is 7.75. The number of aryl methyl sites for hydroxylation is 1. The summed E-state index contributed by atoms with van der Waals surface area (Å²) in [7, 11) is 0. The Morgan fingerprint density at radius 1 is 1.21 bits per heavy atom. The highest BCUT2D eigenvalue weighted by Gasteiger charge is 2.33. The van der Waals surface area contributed by atoms with Gasteiger partial charge in [0.1, 0.15) is 0 Å². The third-order valence-corrected chi connectivity index (χ3v) is 6.45. The average molecular weight is 414 g/mol. The van der Waals surface area contributed by atoms with Crippen molar-refractivity contribution in [1.82, 2.24) is 20.5 Å². The number of hydrogen-bond donors (Lipinski definition) is 3. The lowest BCUT2D eigenvalue weighted by Crippen LogP contribution is -2.51. The minimum Gasteiger partial charge on any atom is -0.352 e. The van der Waals surface area contributed by atoms with Gasteiger partial charge in [-0.15, -0.1) is 11.3 Å². The number of piperidine rings is 1. The van der Waals surface area contributed by atoms with E-state index in [4.69, 9.17) is 0 Å². The minimum atomic E-state index is -0.165. The van der Waals surface area contributed by atoms with Crippen molar-refractivity contribution in [3.8, 4) is 0 Å². The molecule has 2 atom stereocenters. The van der Waals surface area contributed by atoms with Crippen molar-refractivity contribution in [1.29, 1.82) is 0 Å². The lowest BCUT2D eigenvalue weighted by Gasteiger charge is -2.32. The van der Waals surface area contributed by atoms with E-state index >= 15 is 0 Å². The van der Waals surface area contributed by atoms with Crippen molar-refractivity contribution in [2.75, 3.05) is 25.0 Å². The molecule has 2 unspecified atom stereocenters. The van der Waals surface area contributed by atoms with Crippen LogP contribution in [-0.2, 0) is 4.79 Å². The molecule has 0 aliphatic carbocycles. The minimum absolute atomic E-state index is 0.0617. The van der Waals surface area contributed by atoms with Crippen molar-refractivity contribution in [2.24, 2.45) is 0 Å². The highest BCUT2D eigenvalue weighted by Crippen LogP contribution is 2.27. The normalized spacial score (nSPS) is 22.4. The summed E-state index contributed by atoms with van der Waals surface area (Å²) in [6.45, 7) is 4.08. The van der Waals surface area contributed by atoms with Gasteiger partial charge in [0.25, 0.3) is 0 Å². The number of carbonyl (C=O) groups is 2. The summed E-state index contributed by atoms with van der Waals surface area (Å²) in [6.07, 6.45) is 2.33. The maximum Gasteiger partial charge on any atom is 0.321 e. The Morgan fingerprint density at radius 2 is 1.97 bits per heavy atom. The van der Waals surface area contributed by atoms with Gasteiger partial charge < -0.3 is 20.9 Å². The third-order valence-electron chi connectivity index (χ3n) is 5.66. The molecule has 0 radical (unpaired) electrons. The van der Waals surface area contributed by atoms with Gasteiger partial charge in [0.05, 0.1) is 16.7 Å². The van der Waals surface area contributed by atoms with E-state index in [-0.39, 0.29) is 24.0 Å². The average Bonchev–Trinajstić information content (AvgIpc) is 3.38. The molecule has 4 rings (SSSR count). The topological polar surface area (TPSA) is 86.4 Å². The predicted octanol–water partition coefficient (Wildman–Crippen LogP) is 2.71. The van der Waals surface area contributed by atoms with Crippen molar-refractivity contribution < 1.29 is 9.59 Å². The number of aromatic nitrogens is 1. The van der Waals surface area contributed by atoms with Crippen LogP contribution >= 0.6 is 11.3 Å². The molecule has 3 amide bonds. The molecule has 2 fully saturated rings. The predicted molar refractivity (Wildman–Crippen MR) is 114 cm³/mol. The fraction of sp³-hybridized carbons (Fsp3) is 0.476. The highest BCUT2D eigenvalue weighted by molar-refractivity contribution is 7.09. The largest absolute Gasteiger partial charge is 0.352 e. The number of nitrogens with zero attached hydrogens (tertiary/aromatic N) is 2. The highest BCUT2D eigenvalue weighted by atomic mass is 32.1. The number of anilines is 1. The van der Waals surface area contributed by atoms with E-state index in [0.29, 0.717) is 19.0 Å². The summed E-state index contributed by atoms with van der Waals surface area (Å²) in [5, 5.41) is 12.6. The maximum absolute atomic E-state index is 12.7. The number of nitrogens with one attached hydrogen (secondary N) is 3. The zero-order valence-electron chi connectivity index (χ0n) is 16.6. The number of thiazole rings is 1. The van der Waals surface area contributed by atoms with E-state index in [1.165, 1.54) is 0 Å². The Bertz CT molecular complexity index is 848. The van der Waals surface area contributed by atoms with Crippen LogP contribution in [0.2, 0.25) is 0 Å². The van der Waals surface area contributed by atoms with Gasteiger partial charge in [-0.25, -0.2) is 9.78 Å². The summed E-state index contributed by atoms with van der Waals surface area (Å²) in [5.41, 5.74) is 1.89. The number of amides is 3. The first-order valence-corrected chi connectivity index (χ1v) is 11.0. The fourth-order valence-corrected chi connectivity index (χ4v) is 4.68. The zero-order chi connectivity index (χ0) is 20.2. The first-order valence-electron chi connectivity index (χ1n) is 10.2. The van der Waals surface area contributed by atoms with Crippen LogP contribution in [0.3, 0.4) is 0 Å². The number of rotatable bonds is 4. The zero-order valence-corrected chi connectivity index (χ0v) is 17.4. The molecule has 2 aliphatic heterocycles. The second kappa shape index (κ2) is 8.92. The number of hydrogen-bond acceptors (Lipinski definition) is 5. The molecule has 154 valence electrons. The number of carbonyl (C=O) groups excluding carboxylic acids is 2. The van der Waals surface area contributed by atoms with Gasteiger partial charge in [0, 0.05) is 42.7 Å². The van der Waals surface area contributed by atoms with E-state index in [0.717, 1.165) is 42.2 Å². The molecule has 0 spiro atoms. The molecule has 2 saturated heterocycles. The molecule has 1 aromatic heterocycles. The van der Waals surface area contributed by atoms with Crippen LogP contribution in [0.4, 0.5) is 10.5 Å². The molecule has 2 aromatic rings. The van der Waals surface area contributed by atoms with Crippen molar-refractivity contribution >= 4 is 29.0 Å². The monoisotopic (exact) mass is 413 g/mol. The Hall–Kier alpha value is -2.45. The molecule has 3 N–H and O–H groups in total. The van der Waals surface area contributed by atoms with E-state index in [1.54, 1.807) is 11.3 Å². The van der Waals surface area contributed by atoms with Gasteiger partial charge in [-0.1, -0.05) is 18.2 Å². The summed E-state index contributed by atoms with van der Waals surface area (Å²) < 4.78 is 0. The van der Waals surface area contributed by atoms with Crippen molar-refractivity contribution in [3.05, 3.63) is 46.4 Å². The standard InChI is InChI=1S/C21H27N5O2S/c1-14-23-19(13-29-14)15-11-18(22-12-15)20(27)24-17-7-9-26(10-8-17)21(28)25-16-5-3-2-4-6-16/h2-6,13,15,17-18,22H,7-12H2,1H3,(H,24,27)(H,25,28). The van der Waals surface area contributed by atoms with E-state index in [1.807, 2.05) is 42.2 Å². The first kappa shape index (κ1) is 19.8. The summed E-state index contributed by atoms with van der Waals surface area (Å²) in [5.74, 6) is 0.367. The fourth-order valence-electron chi connectivity index (χ4n) is 3.98. The van der Waals surface area contributed by atoms with Crippen molar-refractivity contribution in [2.45, 2.75) is 44.2 Å². The van der Waals surface area contributed by atoms with Gasteiger partial charge in [-0.2, -0.15) is 0 Å². The van der Waals surface area contributed by atoms with Crippen LogP contribution in [0.25, 0.3) is 0 Å². The van der Waals surface area contributed by atoms with Gasteiger partial charge in [0.2, 0.25) is 5.91 Å². The lowest BCUT2D eigenvalue weighted by molar-refractivity contribution is -0.123. The molecule has 2 aliphatic rings. The van der Waals surface area contributed by atoms with E-state index < -0.39 is 0 Å². The Labute approximate surface area is 174 Å². The number of benzene rings is 1. The lowest BCUT2D eigenvalue weighted by atomic mass is 10.0. The van der Waals surface area contributed by atoms with Gasteiger partial charge >= 0.3 is 6.03 Å². The first-order chi connectivity index (χ1) is 14.1. The molecule has 8 heteroatoms. The molecule has 29 heavy (non-hydrogen) atoms. The Kier molecular flexibility index (Phi) is 6.10. The van der Waals surface area contributed by atoms with Gasteiger partial charge in [0.15, 0.2) is 0 Å². The van der Waals surface area contributed by atoms with Crippen LogP contribution in [0.5, 0.6) is 0 Å². The molecule has 3 heterocycles. The molecule has 0 saturated carbocycles. The van der Waals surface area contributed by atoms with Gasteiger partial charge in [-0.3, -0.25) is 4.79 Å². The maximum atomic E-state index is 12.7. The van der Waals surface area contributed by atoms with Gasteiger partial charge in [-0.05, 0) is 38.3 Å². The summed E-state index contributed by atoms with van der Waals surface area (Å²) >= 11 is 1.66. The third kappa shape index (κ3) is 4.94. The van der Waals surface area contributed by atoms with E-state index in [9.17, 15) is 9.59 Å². The number of urea groups is 1. The van der Waals surface area contributed by atoms with Crippen LogP contribution in [0.15, 0.2) is 35.7 Å². The number of likely N-dealkylation sites (tertiary alicyclic amines) is 1. The van der Waals surface area contributed by atoms with E-state index in [2.05, 4.69) is 26.3 Å². The molecule has 0 bridgehead atoms. The van der Waals surface area contributed by atoms with Crippen LogP contribution in [0, 0.1) is 6.92 Å². The molecular formula is C21H27N5O2S. The molecular weight excluding hydrogens is 386 g/mol. The van der Waals surface area contributed by atoms with Crippen LogP contribution in [0.1, 0.15) is 35.9 Å². The van der Waals surface area contributed by atoms with Crippen LogP contribution < -0.4 is 16.0 Å². The molecule has 7 nitrogen and oxygen atoms in total. The Balaban J connectivity index is 1.21. The SMILES string of the molecule is Cc1nc(C2CNC(C(=O)NC3CCN(C(=O)Nc4ccccc4)CC3)C2)cs1. The quantitative estimate of drug-likeness (QED) is 0.719. The summed E-state index contributed by atoms with van der Waals surface area (Å²) in [6, 6.07) is 9.33.